The summed E-state index contributed by atoms with van der Waals surface area (Å²) < 4.78 is 13.3. The van der Waals surface area contributed by atoms with Crippen LogP contribution in [0.3, 0.4) is 0 Å². The van der Waals surface area contributed by atoms with Gasteiger partial charge >= 0.3 is 0 Å². The molecule has 1 heterocycles. The number of likely N-dealkylation sites (N-methyl/N-ethyl adjacent to an activating group) is 1. The molecule has 1 aromatic carbocycles. The molecule has 0 spiro atoms. The Labute approximate surface area is 136 Å². The fourth-order valence-corrected chi connectivity index (χ4v) is 2.71. The van der Waals surface area contributed by atoms with Crippen molar-refractivity contribution in [3.8, 4) is 0 Å². The summed E-state index contributed by atoms with van der Waals surface area (Å²) in [7, 11) is 1.71. The molecule has 0 aromatic heterocycles. The number of nitrogens with two attached hydrogens (primary N) is 1. The van der Waals surface area contributed by atoms with Crippen molar-refractivity contribution >= 4 is 17.5 Å². The number of nitrogens with one attached hydrogen (secondary N) is 1. The number of amides is 2. The number of hydrogen-bond acceptors (Lipinski definition) is 3. The predicted molar refractivity (Wildman–Crippen MR) is 87.5 cm³/mol. The van der Waals surface area contributed by atoms with Crippen LogP contribution >= 0.6 is 0 Å². The number of anilines is 1. The van der Waals surface area contributed by atoms with Crippen LogP contribution in [0.5, 0.6) is 0 Å². The standard InChI is InChI=1S/C17H24FN3O2/c1-10(2)14(19)6-7-21(3)17(23)13-9-16(22)20-15-8-11(18)4-5-12(13)15/h4-5,8,10,13-14H,6-7,9,19H2,1-3H3,(H,20,22). The normalized spacial score (nSPS) is 18.3. The van der Waals surface area contributed by atoms with Gasteiger partial charge in [-0.05, 0) is 30.0 Å². The Balaban J connectivity index is 2.12. The minimum atomic E-state index is -0.570. The third kappa shape index (κ3) is 4.07. The zero-order valence-corrected chi connectivity index (χ0v) is 13.8. The number of nitrogens with zero attached hydrogens (tertiary/aromatic N) is 1. The van der Waals surface area contributed by atoms with E-state index in [0.717, 1.165) is 0 Å². The van der Waals surface area contributed by atoms with Gasteiger partial charge in [0.2, 0.25) is 11.8 Å². The second-order valence-corrected chi connectivity index (χ2v) is 6.49. The highest BCUT2D eigenvalue weighted by Crippen LogP contribution is 2.33. The van der Waals surface area contributed by atoms with Gasteiger partial charge in [-0.25, -0.2) is 4.39 Å². The molecule has 5 nitrogen and oxygen atoms in total. The van der Waals surface area contributed by atoms with Crippen LogP contribution in [0.1, 0.15) is 38.2 Å². The van der Waals surface area contributed by atoms with E-state index in [4.69, 9.17) is 5.73 Å². The van der Waals surface area contributed by atoms with Gasteiger partial charge in [-0.15, -0.1) is 0 Å². The molecule has 6 heteroatoms. The number of rotatable bonds is 5. The summed E-state index contributed by atoms with van der Waals surface area (Å²) in [4.78, 5) is 26.1. The van der Waals surface area contributed by atoms with Crippen LogP contribution < -0.4 is 11.1 Å². The second-order valence-electron chi connectivity index (χ2n) is 6.49. The number of fused-ring (bicyclic) bond motifs is 1. The Kier molecular flexibility index (Phi) is 5.36. The number of carbonyl (C=O) groups excluding carboxylic acids is 2. The number of halogens is 1. The van der Waals surface area contributed by atoms with E-state index in [9.17, 15) is 14.0 Å². The SMILES string of the molecule is CC(C)C(N)CCN(C)C(=O)C1CC(=O)Nc2cc(F)ccc21. The Morgan fingerprint density at radius 3 is 2.83 bits per heavy atom. The quantitative estimate of drug-likeness (QED) is 0.872. The van der Waals surface area contributed by atoms with Crippen LogP contribution in [0, 0.1) is 11.7 Å². The summed E-state index contributed by atoms with van der Waals surface area (Å²) in [6.45, 7) is 4.62. The van der Waals surface area contributed by atoms with E-state index in [1.807, 2.05) is 13.8 Å². The number of carbonyl (C=O) groups is 2. The summed E-state index contributed by atoms with van der Waals surface area (Å²) in [5, 5.41) is 2.62. The van der Waals surface area contributed by atoms with Gasteiger partial charge < -0.3 is 16.0 Å². The van der Waals surface area contributed by atoms with Gasteiger partial charge in [-0.2, -0.15) is 0 Å². The van der Waals surface area contributed by atoms with E-state index in [1.54, 1.807) is 18.0 Å². The van der Waals surface area contributed by atoms with E-state index >= 15 is 0 Å². The van der Waals surface area contributed by atoms with E-state index in [2.05, 4.69) is 5.32 Å². The highest BCUT2D eigenvalue weighted by Gasteiger charge is 2.32. The molecule has 2 unspecified atom stereocenters. The highest BCUT2D eigenvalue weighted by atomic mass is 19.1. The lowest BCUT2D eigenvalue weighted by molar-refractivity contribution is -0.133. The van der Waals surface area contributed by atoms with Crippen molar-refractivity contribution in [3.05, 3.63) is 29.6 Å². The van der Waals surface area contributed by atoms with Crippen molar-refractivity contribution < 1.29 is 14.0 Å². The fourth-order valence-electron chi connectivity index (χ4n) is 2.71. The van der Waals surface area contributed by atoms with Gasteiger partial charge in [0.05, 0.1) is 5.92 Å². The Morgan fingerprint density at radius 1 is 1.48 bits per heavy atom. The molecule has 1 aliphatic rings. The lowest BCUT2D eigenvalue weighted by atomic mass is 9.89. The summed E-state index contributed by atoms with van der Waals surface area (Å²) >= 11 is 0. The fraction of sp³-hybridized carbons (Fsp3) is 0.529. The molecule has 2 rings (SSSR count). The predicted octanol–water partition coefficient (Wildman–Crippen LogP) is 2.08. The van der Waals surface area contributed by atoms with Crippen LogP contribution in [0.15, 0.2) is 18.2 Å². The average Bonchev–Trinajstić information content (AvgIpc) is 2.49. The average molecular weight is 321 g/mol. The van der Waals surface area contributed by atoms with Gasteiger partial charge in [0.15, 0.2) is 0 Å². The van der Waals surface area contributed by atoms with E-state index in [-0.39, 0.29) is 24.3 Å². The molecule has 1 aromatic rings. The van der Waals surface area contributed by atoms with E-state index in [1.165, 1.54) is 12.1 Å². The molecule has 0 aliphatic carbocycles. The third-order valence-corrected chi connectivity index (χ3v) is 4.38. The summed E-state index contributed by atoms with van der Waals surface area (Å²) in [5.74, 6) is -1.06. The molecular weight excluding hydrogens is 297 g/mol. The van der Waals surface area contributed by atoms with Gasteiger partial charge in [0, 0.05) is 31.7 Å². The minimum absolute atomic E-state index is 0.0290. The van der Waals surface area contributed by atoms with E-state index < -0.39 is 11.7 Å². The molecule has 126 valence electrons. The van der Waals surface area contributed by atoms with Crippen LogP contribution in [0.4, 0.5) is 10.1 Å². The lowest BCUT2D eigenvalue weighted by Crippen LogP contribution is -2.39. The number of hydrogen-bond donors (Lipinski definition) is 2. The summed E-state index contributed by atoms with van der Waals surface area (Å²) in [5.41, 5.74) is 7.06. The molecule has 0 bridgehead atoms. The zero-order chi connectivity index (χ0) is 17.1. The maximum atomic E-state index is 13.3. The van der Waals surface area contributed by atoms with Gasteiger partial charge in [0.25, 0.3) is 0 Å². The van der Waals surface area contributed by atoms with Crippen molar-refractivity contribution in [3.63, 3.8) is 0 Å². The monoisotopic (exact) mass is 321 g/mol. The Morgan fingerprint density at radius 2 is 2.17 bits per heavy atom. The van der Waals surface area contributed by atoms with Gasteiger partial charge in [0.1, 0.15) is 5.82 Å². The first-order valence-electron chi connectivity index (χ1n) is 7.89. The van der Waals surface area contributed by atoms with Gasteiger partial charge in [-0.3, -0.25) is 9.59 Å². The minimum Gasteiger partial charge on any atom is -0.345 e. The molecule has 1 aliphatic heterocycles. The molecule has 0 radical (unpaired) electrons. The summed E-state index contributed by atoms with van der Waals surface area (Å²) in [6.07, 6.45) is 0.785. The Bertz CT molecular complexity index is 604. The smallest absolute Gasteiger partial charge is 0.230 e. The maximum absolute atomic E-state index is 13.3. The lowest BCUT2D eigenvalue weighted by Gasteiger charge is -2.29. The van der Waals surface area contributed by atoms with E-state index in [0.29, 0.717) is 30.1 Å². The zero-order valence-electron chi connectivity index (χ0n) is 13.8. The largest absolute Gasteiger partial charge is 0.345 e. The Hall–Kier alpha value is -1.95. The first-order valence-corrected chi connectivity index (χ1v) is 7.89. The molecule has 2 atom stereocenters. The molecule has 0 saturated heterocycles. The van der Waals surface area contributed by atoms with Gasteiger partial charge in [-0.1, -0.05) is 19.9 Å². The highest BCUT2D eigenvalue weighted by molar-refractivity contribution is 6.01. The summed E-state index contributed by atoms with van der Waals surface area (Å²) in [6, 6.07) is 4.16. The molecule has 0 fully saturated rings. The van der Waals surface area contributed by atoms with Crippen LogP contribution in [-0.2, 0) is 9.59 Å². The van der Waals surface area contributed by atoms with Crippen LogP contribution in [0.2, 0.25) is 0 Å². The molecule has 3 N–H and O–H groups in total. The van der Waals surface area contributed by atoms with Crippen molar-refractivity contribution in [2.24, 2.45) is 11.7 Å². The molecule has 2 amide bonds. The first-order chi connectivity index (χ1) is 10.8. The maximum Gasteiger partial charge on any atom is 0.230 e. The van der Waals surface area contributed by atoms with Crippen LogP contribution in [-0.4, -0.2) is 36.3 Å². The van der Waals surface area contributed by atoms with Crippen LogP contribution in [0.25, 0.3) is 0 Å². The molecular formula is C17H24FN3O2. The molecule has 0 saturated carbocycles. The second kappa shape index (κ2) is 7.08. The van der Waals surface area contributed by atoms with Crippen molar-refractivity contribution in [2.75, 3.05) is 18.9 Å². The molecule has 23 heavy (non-hydrogen) atoms. The van der Waals surface area contributed by atoms with Crippen molar-refractivity contribution in [1.82, 2.24) is 4.90 Å². The van der Waals surface area contributed by atoms with Crippen molar-refractivity contribution in [1.29, 1.82) is 0 Å². The topological polar surface area (TPSA) is 75.4 Å². The third-order valence-electron chi connectivity index (χ3n) is 4.38. The van der Waals surface area contributed by atoms with Crippen molar-refractivity contribution in [2.45, 2.75) is 38.6 Å². The first kappa shape index (κ1) is 17.4. The number of benzene rings is 1.